The molecule has 0 heterocycles. The predicted octanol–water partition coefficient (Wildman–Crippen LogP) is 3.56. The lowest BCUT2D eigenvalue weighted by molar-refractivity contribution is -0.155. The highest BCUT2D eigenvalue weighted by molar-refractivity contribution is 9.10. The van der Waals surface area contributed by atoms with Crippen LogP contribution in [0.4, 0.5) is 18.9 Å². The molecule has 86 valence electrons. The first-order chi connectivity index (χ1) is 7.45. The Kier molecular flexibility index (Phi) is 4.19. The van der Waals surface area contributed by atoms with Gasteiger partial charge in [0.15, 0.2) is 5.92 Å². The Hall–Kier alpha value is -1.22. The number of alkyl halides is 3. The largest absolute Gasteiger partial charge is 0.406 e. The second-order valence-electron chi connectivity index (χ2n) is 3.08. The van der Waals surface area contributed by atoms with E-state index in [4.69, 9.17) is 5.26 Å². The van der Waals surface area contributed by atoms with Gasteiger partial charge in [0.25, 0.3) is 0 Å². The number of nitriles is 1. The van der Waals surface area contributed by atoms with Crippen molar-refractivity contribution in [2.24, 2.45) is 5.92 Å². The maximum atomic E-state index is 12.2. The summed E-state index contributed by atoms with van der Waals surface area (Å²) in [5.74, 6) is -2.00. The third kappa shape index (κ3) is 3.42. The van der Waals surface area contributed by atoms with Crippen LogP contribution in [0.25, 0.3) is 0 Å². The highest BCUT2D eigenvalue weighted by Gasteiger charge is 2.39. The zero-order chi connectivity index (χ0) is 12.2. The van der Waals surface area contributed by atoms with Crippen molar-refractivity contribution in [3.8, 4) is 6.07 Å². The summed E-state index contributed by atoms with van der Waals surface area (Å²) < 4.78 is 37.4. The second-order valence-corrected chi connectivity index (χ2v) is 3.94. The quantitative estimate of drug-likeness (QED) is 0.925. The number of benzene rings is 1. The van der Waals surface area contributed by atoms with Crippen LogP contribution in [-0.4, -0.2) is 12.7 Å². The number of nitrogens with zero attached hydrogens (tertiary/aromatic N) is 1. The standard InChI is InChI=1S/C10H8BrF3N2/c11-8-3-1-2-4-9(8)16-6-7(5-15)10(12,13)14/h1-4,7,16H,6H2. The molecule has 1 aromatic rings. The van der Waals surface area contributed by atoms with E-state index in [1.165, 1.54) is 6.07 Å². The molecule has 1 unspecified atom stereocenters. The summed E-state index contributed by atoms with van der Waals surface area (Å²) in [5, 5.41) is 11.0. The Morgan fingerprint density at radius 1 is 1.38 bits per heavy atom. The van der Waals surface area contributed by atoms with Gasteiger partial charge in [0.05, 0.1) is 6.07 Å². The smallest absolute Gasteiger partial charge is 0.382 e. The van der Waals surface area contributed by atoms with E-state index < -0.39 is 18.6 Å². The Morgan fingerprint density at radius 3 is 2.50 bits per heavy atom. The van der Waals surface area contributed by atoms with E-state index in [-0.39, 0.29) is 0 Å². The molecular formula is C10H8BrF3N2. The van der Waals surface area contributed by atoms with E-state index >= 15 is 0 Å². The average molecular weight is 293 g/mol. The Morgan fingerprint density at radius 2 is 2.00 bits per heavy atom. The lowest BCUT2D eigenvalue weighted by atomic mass is 10.1. The molecule has 0 aliphatic heterocycles. The van der Waals surface area contributed by atoms with E-state index in [1.54, 1.807) is 24.3 Å². The van der Waals surface area contributed by atoms with E-state index in [2.05, 4.69) is 21.2 Å². The summed E-state index contributed by atoms with van der Waals surface area (Å²) in [6, 6.07) is 8.02. The van der Waals surface area contributed by atoms with Crippen molar-refractivity contribution < 1.29 is 13.2 Å². The maximum absolute atomic E-state index is 12.2. The monoisotopic (exact) mass is 292 g/mol. The van der Waals surface area contributed by atoms with Gasteiger partial charge in [0.1, 0.15) is 0 Å². The van der Waals surface area contributed by atoms with E-state index in [1.807, 2.05) is 0 Å². The molecule has 0 spiro atoms. The molecule has 0 aromatic heterocycles. The molecule has 0 fully saturated rings. The van der Waals surface area contributed by atoms with Crippen molar-refractivity contribution in [1.82, 2.24) is 0 Å². The lowest BCUT2D eigenvalue weighted by Gasteiger charge is -2.15. The van der Waals surface area contributed by atoms with Crippen molar-refractivity contribution in [1.29, 1.82) is 5.26 Å². The number of halogens is 4. The molecule has 1 aromatic carbocycles. The lowest BCUT2D eigenvalue weighted by Crippen LogP contribution is -2.28. The zero-order valence-electron chi connectivity index (χ0n) is 8.05. The summed E-state index contributed by atoms with van der Waals surface area (Å²) in [6.07, 6.45) is -4.50. The van der Waals surface area contributed by atoms with Gasteiger partial charge < -0.3 is 5.32 Å². The molecule has 1 atom stereocenters. The summed E-state index contributed by atoms with van der Waals surface area (Å²) in [5.41, 5.74) is 0.534. The number of nitrogens with one attached hydrogen (secondary N) is 1. The number of hydrogen-bond acceptors (Lipinski definition) is 2. The number of hydrogen-bond donors (Lipinski definition) is 1. The van der Waals surface area contributed by atoms with Gasteiger partial charge in [0, 0.05) is 16.7 Å². The van der Waals surface area contributed by atoms with Gasteiger partial charge in [-0.25, -0.2) is 0 Å². The van der Waals surface area contributed by atoms with Gasteiger partial charge in [-0.1, -0.05) is 12.1 Å². The fourth-order valence-corrected chi connectivity index (χ4v) is 1.48. The Labute approximate surface area is 99.2 Å². The van der Waals surface area contributed by atoms with Crippen molar-refractivity contribution in [2.75, 3.05) is 11.9 Å². The van der Waals surface area contributed by atoms with Crippen LogP contribution in [0.15, 0.2) is 28.7 Å². The number of rotatable bonds is 3. The Bertz CT molecular complexity index is 398. The summed E-state index contributed by atoms with van der Waals surface area (Å²) in [6.45, 7) is -0.456. The minimum absolute atomic E-state index is 0.456. The van der Waals surface area contributed by atoms with Crippen molar-refractivity contribution in [3.05, 3.63) is 28.7 Å². The van der Waals surface area contributed by atoms with E-state index in [0.29, 0.717) is 10.2 Å². The first-order valence-electron chi connectivity index (χ1n) is 4.40. The van der Waals surface area contributed by atoms with Gasteiger partial charge in [-0.3, -0.25) is 0 Å². The highest BCUT2D eigenvalue weighted by Crippen LogP contribution is 2.27. The number of para-hydroxylation sites is 1. The molecule has 6 heteroatoms. The van der Waals surface area contributed by atoms with Crippen LogP contribution in [0.5, 0.6) is 0 Å². The maximum Gasteiger partial charge on any atom is 0.406 e. The molecule has 1 N–H and O–H groups in total. The van der Waals surface area contributed by atoms with E-state index in [9.17, 15) is 13.2 Å². The molecule has 0 amide bonds. The molecule has 0 saturated carbocycles. The van der Waals surface area contributed by atoms with E-state index in [0.717, 1.165) is 0 Å². The molecule has 0 aliphatic rings. The van der Waals surface area contributed by atoms with Crippen LogP contribution in [-0.2, 0) is 0 Å². The minimum atomic E-state index is -4.50. The van der Waals surface area contributed by atoms with Gasteiger partial charge >= 0.3 is 6.18 Å². The fourth-order valence-electron chi connectivity index (χ4n) is 1.05. The van der Waals surface area contributed by atoms with Crippen LogP contribution in [0.3, 0.4) is 0 Å². The van der Waals surface area contributed by atoms with Crippen LogP contribution in [0.1, 0.15) is 0 Å². The normalized spacial score (nSPS) is 12.9. The fraction of sp³-hybridized carbons (Fsp3) is 0.300. The summed E-state index contributed by atoms with van der Waals surface area (Å²) in [7, 11) is 0. The second kappa shape index (κ2) is 5.21. The highest BCUT2D eigenvalue weighted by atomic mass is 79.9. The van der Waals surface area contributed by atoms with Gasteiger partial charge in [-0.15, -0.1) is 0 Å². The molecule has 0 aliphatic carbocycles. The predicted molar refractivity (Wildman–Crippen MR) is 57.8 cm³/mol. The average Bonchev–Trinajstić information content (AvgIpc) is 2.19. The van der Waals surface area contributed by atoms with Gasteiger partial charge in [-0.2, -0.15) is 18.4 Å². The topological polar surface area (TPSA) is 35.8 Å². The van der Waals surface area contributed by atoms with Crippen molar-refractivity contribution >= 4 is 21.6 Å². The molecule has 2 nitrogen and oxygen atoms in total. The van der Waals surface area contributed by atoms with Crippen LogP contribution < -0.4 is 5.32 Å². The summed E-state index contributed by atoms with van der Waals surface area (Å²) >= 11 is 3.19. The molecule has 16 heavy (non-hydrogen) atoms. The van der Waals surface area contributed by atoms with Gasteiger partial charge in [-0.05, 0) is 28.1 Å². The third-order valence-electron chi connectivity index (χ3n) is 1.92. The molecule has 0 radical (unpaired) electrons. The summed E-state index contributed by atoms with van der Waals surface area (Å²) in [4.78, 5) is 0. The van der Waals surface area contributed by atoms with Crippen LogP contribution in [0, 0.1) is 17.2 Å². The zero-order valence-corrected chi connectivity index (χ0v) is 9.64. The first kappa shape index (κ1) is 12.8. The molecule has 0 bridgehead atoms. The van der Waals surface area contributed by atoms with Gasteiger partial charge in [0.2, 0.25) is 0 Å². The molecular weight excluding hydrogens is 285 g/mol. The van der Waals surface area contributed by atoms with Crippen molar-refractivity contribution in [3.63, 3.8) is 0 Å². The Balaban J connectivity index is 2.65. The minimum Gasteiger partial charge on any atom is -0.382 e. The number of anilines is 1. The third-order valence-corrected chi connectivity index (χ3v) is 2.61. The first-order valence-corrected chi connectivity index (χ1v) is 5.19. The molecule has 0 saturated heterocycles. The van der Waals surface area contributed by atoms with Crippen molar-refractivity contribution in [2.45, 2.75) is 6.18 Å². The van der Waals surface area contributed by atoms with Crippen LogP contribution >= 0.6 is 15.9 Å². The van der Waals surface area contributed by atoms with Crippen LogP contribution in [0.2, 0.25) is 0 Å². The SMILES string of the molecule is N#CC(CNc1ccccc1Br)C(F)(F)F. The molecule has 1 rings (SSSR count).